The van der Waals surface area contributed by atoms with E-state index in [9.17, 15) is 4.79 Å². The molecule has 2 aromatic carbocycles. The second-order valence-corrected chi connectivity index (χ2v) is 5.90. The van der Waals surface area contributed by atoms with E-state index < -0.39 is 0 Å². The first kappa shape index (κ1) is 18.2. The number of nitrogens with zero attached hydrogens (tertiary/aromatic N) is 2. The highest BCUT2D eigenvalue weighted by atomic mass is 16.5. The van der Waals surface area contributed by atoms with Crippen LogP contribution in [-0.4, -0.2) is 22.5 Å². The average Bonchev–Trinajstić information content (AvgIpc) is 2.67. The number of benzene rings is 2. The van der Waals surface area contributed by atoms with Gasteiger partial charge in [0.2, 0.25) is 0 Å². The van der Waals surface area contributed by atoms with Crippen LogP contribution in [0.15, 0.2) is 54.9 Å². The molecular formula is C20H21N5O2. The quantitative estimate of drug-likeness (QED) is 0.568. The highest BCUT2D eigenvalue weighted by Gasteiger charge is 2.11. The predicted octanol–water partition coefficient (Wildman–Crippen LogP) is 4.03. The normalized spacial score (nSPS) is 10.3. The zero-order valence-electron chi connectivity index (χ0n) is 15.2. The van der Waals surface area contributed by atoms with E-state index in [1.165, 1.54) is 11.9 Å². The largest absolute Gasteiger partial charge is 0.462 e. The van der Waals surface area contributed by atoms with Gasteiger partial charge >= 0.3 is 5.97 Å². The Kier molecular flexibility index (Phi) is 5.51. The fraction of sp³-hybridized carbons (Fsp3) is 0.150. The Hall–Kier alpha value is -3.61. The number of ether oxygens (including phenoxy) is 1. The topological polar surface area (TPSA) is 102 Å². The lowest BCUT2D eigenvalue weighted by molar-refractivity contribution is 0.0526. The molecule has 7 nitrogen and oxygen atoms in total. The van der Waals surface area contributed by atoms with Crippen LogP contribution in [0.1, 0.15) is 22.8 Å². The molecule has 0 aliphatic rings. The minimum absolute atomic E-state index is 0.323. The lowest BCUT2D eigenvalue weighted by Crippen LogP contribution is -2.07. The number of esters is 1. The zero-order chi connectivity index (χ0) is 19.2. The summed E-state index contributed by atoms with van der Waals surface area (Å²) in [6.07, 6.45) is 1.42. The maximum absolute atomic E-state index is 11.9. The van der Waals surface area contributed by atoms with Crippen molar-refractivity contribution in [3.05, 3.63) is 66.0 Å². The van der Waals surface area contributed by atoms with Crippen molar-refractivity contribution in [1.29, 1.82) is 0 Å². The molecule has 3 aromatic rings. The molecule has 0 saturated heterocycles. The number of nitrogen functional groups attached to an aromatic ring is 1. The molecule has 0 atom stereocenters. The number of anilines is 5. The first-order valence-electron chi connectivity index (χ1n) is 8.55. The van der Waals surface area contributed by atoms with Gasteiger partial charge in [0.1, 0.15) is 12.0 Å². The molecule has 138 valence electrons. The van der Waals surface area contributed by atoms with Crippen LogP contribution < -0.4 is 16.4 Å². The number of hydrogen-bond donors (Lipinski definition) is 3. The summed E-state index contributed by atoms with van der Waals surface area (Å²) >= 11 is 0. The molecule has 0 unspecified atom stereocenters. The molecule has 1 heterocycles. The van der Waals surface area contributed by atoms with Gasteiger partial charge in [-0.1, -0.05) is 23.8 Å². The molecule has 7 heteroatoms. The molecule has 0 bridgehead atoms. The molecule has 1 aromatic heterocycles. The van der Waals surface area contributed by atoms with Gasteiger partial charge in [-0.25, -0.2) is 14.8 Å². The first-order valence-corrected chi connectivity index (χ1v) is 8.55. The molecule has 4 N–H and O–H groups in total. The molecular weight excluding hydrogens is 342 g/mol. The fourth-order valence-corrected chi connectivity index (χ4v) is 2.44. The minimum Gasteiger partial charge on any atom is -0.462 e. The summed E-state index contributed by atoms with van der Waals surface area (Å²) < 4.78 is 5.02. The third-order valence-corrected chi connectivity index (χ3v) is 3.83. The Bertz CT molecular complexity index is 941. The zero-order valence-corrected chi connectivity index (χ0v) is 15.2. The van der Waals surface area contributed by atoms with Crippen LogP contribution in [0.25, 0.3) is 0 Å². The predicted molar refractivity (Wildman–Crippen MR) is 107 cm³/mol. The minimum atomic E-state index is -0.376. The Labute approximate surface area is 157 Å². The number of nitrogens with one attached hydrogen (secondary N) is 2. The molecule has 0 aliphatic carbocycles. The number of carbonyl (C=O) groups excluding carboxylic acids is 1. The Morgan fingerprint density at radius 1 is 1.04 bits per heavy atom. The van der Waals surface area contributed by atoms with Crippen molar-refractivity contribution >= 4 is 34.7 Å². The summed E-state index contributed by atoms with van der Waals surface area (Å²) in [7, 11) is 0. The van der Waals surface area contributed by atoms with Crippen molar-refractivity contribution in [2.45, 2.75) is 13.8 Å². The fourth-order valence-electron chi connectivity index (χ4n) is 2.44. The van der Waals surface area contributed by atoms with Crippen molar-refractivity contribution in [2.75, 3.05) is 23.0 Å². The number of hydrogen-bond acceptors (Lipinski definition) is 7. The molecule has 3 rings (SSSR count). The molecule has 0 saturated carbocycles. The summed E-state index contributed by atoms with van der Waals surface area (Å²) in [5.41, 5.74) is 9.76. The maximum Gasteiger partial charge on any atom is 0.338 e. The number of aryl methyl sites for hydroxylation is 1. The van der Waals surface area contributed by atoms with Gasteiger partial charge in [-0.3, -0.25) is 0 Å². The SMILES string of the molecule is CCOC(=O)c1cccc(Nc2ncnc(Nc3ccc(C)cc3)c2N)c1. The monoisotopic (exact) mass is 363 g/mol. The van der Waals surface area contributed by atoms with E-state index >= 15 is 0 Å². The first-order chi connectivity index (χ1) is 13.1. The van der Waals surface area contributed by atoms with E-state index in [0.29, 0.717) is 35.2 Å². The van der Waals surface area contributed by atoms with Crippen molar-refractivity contribution in [2.24, 2.45) is 0 Å². The van der Waals surface area contributed by atoms with Crippen LogP contribution in [0.4, 0.5) is 28.7 Å². The highest BCUT2D eigenvalue weighted by Crippen LogP contribution is 2.28. The van der Waals surface area contributed by atoms with Crippen LogP contribution in [0.2, 0.25) is 0 Å². The van der Waals surface area contributed by atoms with E-state index in [0.717, 1.165) is 5.69 Å². The molecule has 0 aliphatic heterocycles. The lowest BCUT2D eigenvalue weighted by Gasteiger charge is -2.13. The second kappa shape index (κ2) is 8.18. The third-order valence-electron chi connectivity index (χ3n) is 3.83. The van der Waals surface area contributed by atoms with E-state index in [-0.39, 0.29) is 5.97 Å². The van der Waals surface area contributed by atoms with Gasteiger partial charge in [-0.05, 0) is 44.2 Å². The summed E-state index contributed by atoms with van der Waals surface area (Å²) in [5, 5.41) is 6.30. The second-order valence-electron chi connectivity index (χ2n) is 5.90. The van der Waals surface area contributed by atoms with Crippen LogP contribution in [0.3, 0.4) is 0 Å². The Balaban J connectivity index is 1.81. The molecule has 0 fully saturated rings. The number of carbonyl (C=O) groups is 1. The van der Waals surface area contributed by atoms with Crippen LogP contribution in [0.5, 0.6) is 0 Å². The van der Waals surface area contributed by atoms with E-state index in [1.807, 2.05) is 37.3 Å². The maximum atomic E-state index is 11.9. The Morgan fingerprint density at radius 2 is 1.70 bits per heavy atom. The van der Waals surface area contributed by atoms with Crippen LogP contribution in [0, 0.1) is 6.92 Å². The summed E-state index contributed by atoms with van der Waals surface area (Å²) in [6.45, 7) is 4.11. The van der Waals surface area contributed by atoms with Crippen molar-refractivity contribution < 1.29 is 9.53 Å². The number of rotatable bonds is 6. The Morgan fingerprint density at radius 3 is 2.37 bits per heavy atom. The smallest absolute Gasteiger partial charge is 0.338 e. The van der Waals surface area contributed by atoms with E-state index in [1.54, 1.807) is 25.1 Å². The van der Waals surface area contributed by atoms with Crippen molar-refractivity contribution in [1.82, 2.24) is 9.97 Å². The van der Waals surface area contributed by atoms with Gasteiger partial charge in [-0.15, -0.1) is 0 Å². The number of aromatic nitrogens is 2. The number of nitrogens with two attached hydrogens (primary N) is 1. The highest BCUT2D eigenvalue weighted by molar-refractivity contribution is 5.91. The molecule has 0 spiro atoms. The lowest BCUT2D eigenvalue weighted by atomic mass is 10.2. The summed E-state index contributed by atoms with van der Waals surface area (Å²) in [6, 6.07) is 14.9. The van der Waals surface area contributed by atoms with E-state index in [2.05, 4.69) is 20.6 Å². The van der Waals surface area contributed by atoms with E-state index in [4.69, 9.17) is 10.5 Å². The molecule has 0 amide bonds. The van der Waals surface area contributed by atoms with Crippen molar-refractivity contribution in [3.63, 3.8) is 0 Å². The van der Waals surface area contributed by atoms with Gasteiger partial charge in [0.25, 0.3) is 0 Å². The van der Waals surface area contributed by atoms with Crippen LogP contribution in [-0.2, 0) is 4.74 Å². The van der Waals surface area contributed by atoms with Gasteiger partial charge in [-0.2, -0.15) is 0 Å². The molecule has 0 radical (unpaired) electrons. The van der Waals surface area contributed by atoms with Crippen molar-refractivity contribution in [3.8, 4) is 0 Å². The van der Waals surface area contributed by atoms with Crippen LogP contribution >= 0.6 is 0 Å². The van der Waals surface area contributed by atoms with Gasteiger partial charge in [0, 0.05) is 11.4 Å². The standard InChI is InChI=1S/C20H21N5O2/c1-3-27-20(26)14-5-4-6-16(11-14)25-19-17(21)18(22-12-23-19)24-15-9-7-13(2)8-10-15/h4-12H,3,21H2,1-2H3,(H2,22,23,24,25). The summed E-state index contributed by atoms with van der Waals surface area (Å²) in [4.78, 5) is 20.3. The third kappa shape index (κ3) is 4.52. The average molecular weight is 363 g/mol. The summed E-state index contributed by atoms with van der Waals surface area (Å²) in [5.74, 6) is 0.567. The van der Waals surface area contributed by atoms with Gasteiger partial charge < -0.3 is 21.1 Å². The van der Waals surface area contributed by atoms with Gasteiger partial charge in [0.05, 0.1) is 12.2 Å². The van der Waals surface area contributed by atoms with Gasteiger partial charge in [0.15, 0.2) is 11.6 Å². The molecule has 27 heavy (non-hydrogen) atoms.